The normalized spacial score (nSPS) is 16.3. The summed E-state index contributed by atoms with van der Waals surface area (Å²) in [4.78, 5) is 16.0. The van der Waals surface area contributed by atoms with E-state index >= 15 is 0 Å². The van der Waals surface area contributed by atoms with E-state index in [0.717, 1.165) is 19.3 Å². The molecular formula is C24H42N2O3. The molecule has 29 heavy (non-hydrogen) atoms. The number of rotatable bonds is 9. The van der Waals surface area contributed by atoms with Gasteiger partial charge in [0.2, 0.25) is 0 Å². The maximum absolute atomic E-state index is 11.2. The van der Waals surface area contributed by atoms with E-state index in [1.54, 1.807) is 0 Å². The summed E-state index contributed by atoms with van der Waals surface area (Å²) in [6, 6.07) is 8.33. The van der Waals surface area contributed by atoms with Crippen LogP contribution in [0.2, 0.25) is 0 Å². The number of carbonyl (C=O) groups is 1. The molecular weight excluding hydrogens is 364 g/mol. The molecule has 5 heteroatoms. The molecule has 5 nitrogen and oxygen atoms in total. The molecule has 0 heterocycles. The lowest BCUT2D eigenvalue weighted by Crippen LogP contribution is -2.50. The Hall–Kier alpha value is -1.59. The van der Waals surface area contributed by atoms with E-state index in [1.807, 2.05) is 32.9 Å². The molecule has 0 saturated heterocycles. The Kier molecular flexibility index (Phi) is 10.1. The molecule has 166 valence electrons. The number of esters is 1. The molecule has 0 spiro atoms. The standard InChI is InChI=1S/C15H24N2O.C9H18O2/c1-11(2)10-14(16)15(8-3-9-15)12-4-6-13(18-17)7-5-12;1-5-7-9(3,4)8(10)11-6-2/h4-7,11,14H,3,8-10,16-17H2,1-2H3;5-7H2,1-4H3. The highest BCUT2D eigenvalue weighted by molar-refractivity contribution is 5.75. The fourth-order valence-electron chi connectivity index (χ4n) is 4.08. The number of ether oxygens (including phenoxy) is 1. The topological polar surface area (TPSA) is 87.6 Å². The first kappa shape index (κ1) is 25.4. The molecule has 4 N–H and O–H groups in total. The smallest absolute Gasteiger partial charge is 0.311 e. The molecule has 1 fully saturated rings. The monoisotopic (exact) mass is 406 g/mol. The average molecular weight is 407 g/mol. The molecule has 1 unspecified atom stereocenters. The number of benzene rings is 1. The van der Waals surface area contributed by atoms with Crippen LogP contribution in [0.3, 0.4) is 0 Å². The fourth-order valence-corrected chi connectivity index (χ4v) is 4.08. The van der Waals surface area contributed by atoms with Gasteiger partial charge in [0.05, 0.1) is 12.0 Å². The van der Waals surface area contributed by atoms with Gasteiger partial charge in [-0.2, -0.15) is 5.90 Å². The molecule has 1 aromatic carbocycles. The van der Waals surface area contributed by atoms with Crippen LogP contribution in [0.25, 0.3) is 0 Å². The summed E-state index contributed by atoms with van der Waals surface area (Å²) in [6.07, 6.45) is 6.67. The molecule has 1 aliphatic rings. The van der Waals surface area contributed by atoms with Gasteiger partial charge in [-0.15, -0.1) is 0 Å². The molecule has 1 aromatic rings. The number of nitrogens with two attached hydrogens (primary N) is 2. The molecule has 2 rings (SSSR count). The number of hydrogen-bond acceptors (Lipinski definition) is 5. The van der Waals surface area contributed by atoms with E-state index in [4.69, 9.17) is 21.2 Å². The maximum Gasteiger partial charge on any atom is 0.311 e. The van der Waals surface area contributed by atoms with Crippen molar-refractivity contribution >= 4 is 5.97 Å². The van der Waals surface area contributed by atoms with Crippen LogP contribution in [0.5, 0.6) is 5.75 Å². The van der Waals surface area contributed by atoms with Gasteiger partial charge in [-0.3, -0.25) is 4.79 Å². The van der Waals surface area contributed by atoms with Gasteiger partial charge in [0, 0.05) is 11.5 Å². The summed E-state index contributed by atoms with van der Waals surface area (Å²) in [7, 11) is 0. The Bertz CT molecular complexity index is 607. The van der Waals surface area contributed by atoms with Crippen molar-refractivity contribution in [2.24, 2.45) is 23.0 Å². The first-order valence-electron chi connectivity index (χ1n) is 11.0. The second-order valence-electron chi connectivity index (χ2n) is 9.24. The van der Waals surface area contributed by atoms with Crippen molar-refractivity contribution in [2.45, 2.75) is 91.5 Å². The van der Waals surface area contributed by atoms with Gasteiger partial charge in [-0.05, 0) is 70.1 Å². The van der Waals surface area contributed by atoms with Gasteiger partial charge in [0.1, 0.15) is 5.75 Å². The summed E-state index contributed by atoms with van der Waals surface area (Å²) < 4.78 is 4.92. The number of carbonyl (C=O) groups excluding carboxylic acids is 1. The van der Waals surface area contributed by atoms with E-state index < -0.39 is 0 Å². The van der Waals surface area contributed by atoms with Gasteiger partial charge in [-0.1, -0.05) is 45.7 Å². The van der Waals surface area contributed by atoms with Crippen LogP contribution in [0.4, 0.5) is 0 Å². The van der Waals surface area contributed by atoms with Crippen LogP contribution in [-0.2, 0) is 14.9 Å². The molecule has 0 radical (unpaired) electrons. The summed E-state index contributed by atoms with van der Waals surface area (Å²) in [5.74, 6) is 6.42. The Morgan fingerprint density at radius 3 is 2.14 bits per heavy atom. The van der Waals surface area contributed by atoms with E-state index in [-0.39, 0.29) is 22.8 Å². The highest BCUT2D eigenvalue weighted by Crippen LogP contribution is 2.47. The largest absolute Gasteiger partial charge is 0.466 e. The lowest BCUT2D eigenvalue weighted by Gasteiger charge is -2.47. The van der Waals surface area contributed by atoms with Gasteiger partial charge < -0.3 is 15.3 Å². The summed E-state index contributed by atoms with van der Waals surface area (Å²) in [6.45, 7) is 12.7. The first-order chi connectivity index (χ1) is 13.6. The minimum absolute atomic E-state index is 0.0816. The molecule has 1 atom stereocenters. The van der Waals surface area contributed by atoms with Crippen LogP contribution in [0, 0.1) is 11.3 Å². The number of hydrogen-bond donors (Lipinski definition) is 2. The first-order valence-corrected chi connectivity index (χ1v) is 11.0. The maximum atomic E-state index is 11.2. The molecule has 0 aromatic heterocycles. The van der Waals surface area contributed by atoms with E-state index in [2.05, 4.69) is 32.9 Å². The van der Waals surface area contributed by atoms with Crippen molar-refractivity contribution < 1.29 is 14.4 Å². The third kappa shape index (κ3) is 7.00. The van der Waals surface area contributed by atoms with Crippen LogP contribution in [0.1, 0.15) is 85.6 Å². The van der Waals surface area contributed by atoms with Crippen LogP contribution in [0.15, 0.2) is 24.3 Å². The second kappa shape index (κ2) is 11.6. The van der Waals surface area contributed by atoms with Crippen molar-refractivity contribution in [1.82, 2.24) is 0 Å². The third-order valence-corrected chi connectivity index (χ3v) is 5.95. The predicted molar refractivity (Wildman–Crippen MR) is 120 cm³/mol. The predicted octanol–water partition coefficient (Wildman–Crippen LogP) is 5.11. The van der Waals surface area contributed by atoms with Gasteiger partial charge in [-0.25, -0.2) is 0 Å². The Balaban J connectivity index is 0.000000331. The molecule has 0 bridgehead atoms. The van der Waals surface area contributed by atoms with Crippen molar-refractivity contribution in [2.75, 3.05) is 6.61 Å². The minimum atomic E-state index is -0.301. The zero-order valence-electron chi connectivity index (χ0n) is 19.3. The van der Waals surface area contributed by atoms with Crippen LogP contribution in [-0.4, -0.2) is 18.6 Å². The van der Waals surface area contributed by atoms with Crippen molar-refractivity contribution in [3.8, 4) is 5.75 Å². The zero-order valence-corrected chi connectivity index (χ0v) is 19.3. The highest BCUT2D eigenvalue weighted by atomic mass is 16.6. The Morgan fingerprint density at radius 2 is 1.76 bits per heavy atom. The quantitative estimate of drug-likeness (QED) is 0.439. The average Bonchev–Trinajstić information content (AvgIpc) is 2.61. The van der Waals surface area contributed by atoms with Crippen LogP contribution >= 0.6 is 0 Å². The second-order valence-corrected chi connectivity index (χ2v) is 9.24. The molecule has 0 amide bonds. The van der Waals surface area contributed by atoms with Gasteiger partial charge in [0.25, 0.3) is 0 Å². The third-order valence-electron chi connectivity index (χ3n) is 5.95. The van der Waals surface area contributed by atoms with Crippen molar-refractivity contribution in [1.29, 1.82) is 0 Å². The zero-order chi connectivity index (χ0) is 22.1. The van der Waals surface area contributed by atoms with E-state index in [1.165, 1.54) is 24.8 Å². The molecule has 1 saturated carbocycles. The minimum Gasteiger partial charge on any atom is -0.466 e. The Labute approximate surface area is 177 Å². The lowest BCUT2D eigenvalue weighted by atomic mass is 9.59. The van der Waals surface area contributed by atoms with Crippen molar-refractivity contribution in [3.63, 3.8) is 0 Å². The van der Waals surface area contributed by atoms with Gasteiger partial charge in [0.15, 0.2) is 0 Å². The summed E-state index contributed by atoms with van der Waals surface area (Å²) >= 11 is 0. The van der Waals surface area contributed by atoms with E-state index in [0.29, 0.717) is 18.3 Å². The summed E-state index contributed by atoms with van der Waals surface area (Å²) in [5.41, 5.74) is 7.67. The van der Waals surface area contributed by atoms with Crippen LogP contribution < -0.4 is 16.5 Å². The lowest BCUT2D eigenvalue weighted by molar-refractivity contribution is -0.153. The van der Waals surface area contributed by atoms with E-state index in [9.17, 15) is 4.79 Å². The molecule has 1 aliphatic carbocycles. The molecule has 0 aliphatic heterocycles. The van der Waals surface area contributed by atoms with Gasteiger partial charge >= 0.3 is 5.97 Å². The SMILES string of the molecule is CC(C)CC(N)C1(c2ccc(ON)cc2)CCC1.CCCC(C)(C)C(=O)OCC. The fraction of sp³-hybridized carbons (Fsp3) is 0.708. The summed E-state index contributed by atoms with van der Waals surface area (Å²) in [5, 5.41) is 0. The Morgan fingerprint density at radius 1 is 1.17 bits per heavy atom. The highest BCUT2D eigenvalue weighted by Gasteiger charge is 2.43. The van der Waals surface area contributed by atoms with Crippen molar-refractivity contribution in [3.05, 3.63) is 29.8 Å².